The number of hydrogen-bond donors (Lipinski definition) is 1. The molecule has 0 saturated heterocycles. The number of nitrogens with zero attached hydrogens (tertiary/aromatic N) is 2. The lowest BCUT2D eigenvalue weighted by Crippen LogP contribution is -2.07. The predicted octanol–water partition coefficient (Wildman–Crippen LogP) is 3.87. The lowest BCUT2D eigenvalue weighted by molar-refractivity contribution is 0.0694. The Balaban J connectivity index is 2.52. The number of aryl methyl sites for hydroxylation is 2. The van der Waals surface area contributed by atoms with Gasteiger partial charge in [-0.25, -0.2) is 14.8 Å². The van der Waals surface area contributed by atoms with Crippen molar-refractivity contribution in [3.8, 4) is 11.4 Å². The van der Waals surface area contributed by atoms with Gasteiger partial charge in [0.05, 0.1) is 11.3 Å². The third kappa shape index (κ3) is 3.04. The maximum atomic E-state index is 11.2. The first-order valence-corrected chi connectivity index (χ1v) is 7.18. The second-order valence-corrected chi connectivity index (χ2v) is 5.48. The lowest BCUT2D eigenvalue weighted by Gasteiger charge is -2.09. The molecule has 0 fully saturated rings. The summed E-state index contributed by atoms with van der Waals surface area (Å²) in [5, 5.41) is 9.16. The van der Waals surface area contributed by atoms with Gasteiger partial charge in [-0.1, -0.05) is 29.3 Å². The largest absolute Gasteiger partial charge is 0.478 e. The average molecular weight is 335 g/mol. The molecule has 0 radical (unpaired) electrons. The van der Waals surface area contributed by atoms with Crippen LogP contribution < -0.4 is 0 Å². The monoisotopic (exact) mass is 334 g/mol. The molecule has 1 aromatic heterocycles. The minimum absolute atomic E-state index is 0.186. The van der Waals surface area contributed by atoms with Gasteiger partial charge in [-0.2, -0.15) is 0 Å². The smallest absolute Gasteiger partial charge is 0.339 e. The third-order valence-electron chi connectivity index (χ3n) is 3.01. The van der Waals surface area contributed by atoms with Crippen molar-refractivity contribution in [2.45, 2.75) is 26.7 Å². The summed E-state index contributed by atoms with van der Waals surface area (Å²) in [6.45, 7) is 3.98. The van der Waals surface area contributed by atoms with Crippen LogP contribution in [-0.2, 0) is 6.42 Å². The van der Waals surface area contributed by atoms with Crippen molar-refractivity contribution >= 4 is 21.9 Å². The molecule has 2 rings (SSSR count). The van der Waals surface area contributed by atoms with E-state index >= 15 is 0 Å². The zero-order valence-electron chi connectivity index (χ0n) is 11.4. The van der Waals surface area contributed by atoms with Crippen LogP contribution in [-0.4, -0.2) is 21.0 Å². The Morgan fingerprint density at radius 2 is 2.15 bits per heavy atom. The number of carboxylic acids is 1. The summed E-state index contributed by atoms with van der Waals surface area (Å²) in [5.41, 5.74) is 2.74. The highest BCUT2D eigenvalue weighted by Gasteiger charge is 2.14. The molecule has 4 nitrogen and oxygen atoms in total. The number of rotatable bonds is 4. The molecule has 5 heteroatoms. The molecule has 0 amide bonds. The van der Waals surface area contributed by atoms with Gasteiger partial charge in [0, 0.05) is 16.2 Å². The van der Waals surface area contributed by atoms with Crippen LogP contribution in [0.25, 0.3) is 11.4 Å². The van der Waals surface area contributed by atoms with Crippen LogP contribution >= 0.6 is 15.9 Å². The molecule has 20 heavy (non-hydrogen) atoms. The highest BCUT2D eigenvalue weighted by Crippen LogP contribution is 2.24. The first-order valence-electron chi connectivity index (χ1n) is 6.38. The summed E-state index contributed by atoms with van der Waals surface area (Å²) >= 11 is 3.42. The number of carboxylic acid groups (broad SMARTS) is 1. The maximum Gasteiger partial charge on any atom is 0.339 e. The van der Waals surface area contributed by atoms with Crippen LogP contribution in [0.4, 0.5) is 0 Å². The van der Waals surface area contributed by atoms with Crippen molar-refractivity contribution in [1.29, 1.82) is 0 Å². The first kappa shape index (κ1) is 14.7. The number of hydrogen-bond acceptors (Lipinski definition) is 3. The molecule has 0 aliphatic carbocycles. The molecule has 0 unspecified atom stereocenters. The molecule has 0 atom stereocenters. The van der Waals surface area contributed by atoms with Crippen molar-refractivity contribution in [2.75, 3.05) is 0 Å². The van der Waals surface area contributed by atoms with E-state index in [1.54, 1.807) is 0 Å². The quantitative estimate of drug-likeness (QED) is 0.921. The van der Waals surface area contributed by atoms with Gasteiger partial charge in [0.2, 0.25) is 0 Å². The normalized spacial score (nSPS) is 10.6. The van der Waals surface area contributed by atoms with E-state index in [9.17, 15) is 4.79 Å². The maximum absolute atomic E-state index is 11.2. The summed E-state index contributed by atoms with van der Waals surface area (Å²) < 4.78 is 0.995. The van der Waals surface area contributed by atoms with Gasteiger partial charge in [0.25, 0.3) is 0 Å². The molecule has 0 aliphatic heterocycles. The average Bonchev–Trinajstić information content (AvgIpc) is 2.38. The van der Waals surface area contributed by atoms with Crippen molar-refractivity contribution < 1.29 is 9.90 Å². The molecule has 2 aromatic rings. The van der Waals surface area contributed by atoms with Gasteiger partial charge in [-0.3, -0.25) is 0 Å². The Morgan fingerprint density at radius 1 is 1.40 bits per heavy atom. The Hall–Kier alpha value is -1.75. The van der Waals surface area contributed by atoms with Gasteiger partial charge in [0.15, 0.2) is 5.82 Å². The van der Waals surface area contributed by atoms with Crippen molar-refractivity contribution in [2.24, 2.45) is 0 Å². The Labute approximate surface area is 126 Å². The molecule has 1 N–H and O–H groups in total. The number of carbonyl (C=O) groups is 1. The van der Waals surface area contributed by atoms with E-state index in [0.717, 1.165) is 22.0 Å². The van der Waals surface area contributed by atoms with E-state index in [-0.39, 0.29) is 5.56 Å². The summed E-state index contributed by atoms with van der Waals surface area (Å²) in [6.07, 6.45) is 2.87. The van der Waals surface area contributed by atoms with E-state index in [4.69, 9.17) is 5.11 Å². The third-order valence-corrected chi connectivity index (χ3v) is 3.51. The highest BCUT2D eigenvalue weighted by atomic mass is 79.9. The van der Waals surface area contributed by atoms with E-state index in [1.807, 2.05) is 32.0 Å². The zero-order chi connectivity index (χ0) is 14.7. The van der Waals surface area contributed by atoms with Crippen LogP contribution in [0.1, 0.15) is 35.0 Å². The van der Waals surface area contributed by atoms with E-state index < -0.39 is 5.97 Å². The second kappa shape index (κ2) is 6.13. The Kier molecular flexibility index (Phi) is 4.49. The molecule has 1 heterocycles. The number of halogens is 1. The van der Waals surface area contributed by atoms with E-state index in [0.29, 0.717) is 17.9 Å². The second-order valence-electron chi connectivity index (χ2n) is 4.57. The zero-order valence-corrected chi connectivity index (χ0v) is 12.9. The molecule has 0 spiro atoms. The van der Waals surface area contributed by atoms with E-state index in [2.05, 4.69) is 25.9 Å². The molecular formula is C15H15BrN2O2. The Morgan fingerprint density at radius 3 is 2.75 bits per heavy atom. The van der Waals surface area contributed by atoms with Gasteiger partial charge in [-0.15, -0.1) is 0 Å². The van der Waals surface area contributed by atoms with Crippen molar-refractivity contribution in [3.05, 3.63) is 45.7 Å². The van der Waals surface area contributed by atoms with Crippen LogP contribution in [0.5, 0.6) is 0 Å². The SMILES string of the molecule is CCCc1nc(-c2ccc(Br)cc2C)ncc1C(=O)O. The minimum atomic E-state index is -0.979. The highest BCUT2D eigenvalue weighted by molar-refractivity contribution is 9.10. The predicted molar refractivity (Wildman–Crippen MR) is 80.9 cm³/mol. The van der Waals surface area contributed by atoms with Gasteiger partial charge >= 0.3 is 5.97 Å². The summed E-state index contributed by atoms with van der Waals surface area (Å²) in [4.78, 5) is 19.8. The van der Waals surface area contributed by atoms with Crippen LogP contribution in [0.3, 0.4) is 0 Å². The topological polar surface area (TPSA) is 63.1 Å². The fraction of sp³-hybridized carbons (Fsp3) is 0.267. The molecule has 0 bridgehead atoms. The first-order chi connectivity index (χ1) is 9.52. The summed E-state index contributed by atoms with van der Waals surface area (Å²) in [6, 6.07) is 5.85. The lowest BCUT2D eigenvalue weighted by atomic mass is 10.1. The summed E-state index contributed by atoms with van der Waals surface area (Å²) in [5.74, 6) is -0.407. The van der Waals surface area contributed by atoms with Gasteiger partial charge in [-0.05, 0) is 37.1 Å². The van der Waals surface area contributed by atoms with E-state index in [1.165, 1.54) is 6.20 Å². The molecule has 0 saturated carbocycles. The Bertz CT molecular complexity index is 656. The minimum Gasteiger partial charge on any atom is -0.478 e. The number of benzene rings is 1. The van der Waals surface area contributed by atoms with Gasteiger partial charge < -0.3 is 5.11 Å². The fourth-order valence-corrected chi connectivity index (χ4v) is 2.51. The number of aromatic carboxylic acids is 1. The fourth-order valence-electron chi connectivity index (χ4n) is 2.03. The molecular weight excluding hydrogens is 320 g/mol. The summed E-state index contributed by atoms with van der Waals surface area (Å²) in [7, 11) is 0. The van der Waals surface area contributed by atoms with Gasteiger partial charge in [0.1, 0.15) is 0 Å². The van der Waals surface area contributed by atoms with Crippen LogP contribution in [0.2, 0.25) is 0 Å². The van der Waals surface area contributed by atoms with Crippen molar-refractivity contribution in [3.63, 3.8) is 0 Å². The van der Waals surface area contributed by atoms with Crippen molar-refractivity contribution in [1.82, 2.24) is 9.97 Å². The standard InChI is InChI=1S/C15H15BrN2O2/c1-3-4-13-12(15(19)20)8-17-14(18-13)11-6-5-10(16)7-9(11)2/h5-8H,3-4H2,1-2H3,(H,19,20). The molecule has 1 aromatic carbocycles. The number of aromatic nitrogens is 2. The molecule has 0 aliphatic rings. The van der Waals surface area contributed by atoms with Crippen LogP contribution in [0, 0.1) is 6.92 Å². The molecule has 104 valence electrons. The van der Waals surface area contributed by atoms with Crippen LogP contribution in [0.15, 0.2) is 28.9 Å².